The molecule has 3 N–H and O–H groups in total. The molecule has 1 heterocycles. The van der Waals surface area contributed by atoms with E-state index < -0.39 is 11.7 Å². The van der Waals surface area contributed by atoms with Crippen LogP contribution in [0.3, 0.4) is 0 Å². The van der Waals surface area contributed by atoms with E-state index in [0.29, 0.717) is 10.3 Å². The van der Waals surface area contributed by atoms with Crippen molar-refractivity contribution in [1.82, 2.24) is 4.98 Å². The number of carbonyl (C=O) groups excluding carboxylic acids is 1. The minimum atomic E-state index is -0.579. The van der Waals surface area contributed by atoms with Gasteiger partial charge in [-0.25, -0.2) is 9.37 Å². The first-order chi connectivity index (χ1) is 8.97. The van der Waals surface area contributed by atoms with Gasteiger partial charge in [0.25, 0.3) is 5.91 Å². The number of nitrogens with zero attached hydrogens (tertiary/aromatic N) is 1. The molecule has 0 aliphatic carbocycles. The number of hydrogen-bond donors (Lipinski definition) is 2. The van der Waals surface area contributed by atoms with Gasteiger partial charge in [-0.2, -0.15) is 0 Å². The van der Waals surface area contributed by atoms with E-state index in [9.17, 15) is 9.18 Å². The van der Waals surface area contributed by atoms with Crippen molar-refractivity contribution in [2.45, 2.75) is 0 Å². The molecular formula is C12H8Br2FN3O. The van der Waals surface area contributed by atoms with Crippen molar-refractivity contribution in [2.24, 2.45) is 0 Å². The minimum Gasteiger partial charge on any atom is -0.396 e. The summed E-state index contributed by atoms with van der Waals surface area (Å²) in [4.78, 5) is 16.0. The number of rotatable bonds is 2. The fraction of sp³-hybridized carbons (Fsp3) is 0. The maximum absolute atomic E-state index is 13.2. The van der Waals surface area contributed by atoms with Crippen molar-refractivity contribution >= 4 is 49.3 Å². The molecule has 0 aliphatic rings. The number of anilines is 2. The van der Waals surface area contributed by atoms with Crippen LogP contribution in [0.25, 0.3) is 0 Å². The van der Waals surface area contributed by atoms with Gasteiger partial charge < -0.3 is 11.1 Å². The zero-order valence-corrected chi connectivity index (χ0v) is 12.6. The summed E-state index contributed by atoms with van der Waals surface area (Å²) in [5, 5.41) is 2.59. The van der Waals surface area contributed by atoms with Crippen molar-refractivity contribution in [1.29, 1.82) is 0 Å². The van der Waals surface area contributed by atoms with E-state index in [1.165, 1.54) is 6.07 Å². The molecule has 2 aromatic rings. The summed E-state index contributed by atoms with van der Waals surface area (Å²) in [5.74, 6) is -0.610. The highest BCUT2D eigenvalue weighted by Gasteiger charge is 2.13. The zero-order valence-electron chi connectivity index (χ0n) is 9.45. The lowest BCUT2D eigenvalue weighted by Gasteiger charge is -2.07. The molecule has 1 amide bonds. The third-order valence-corrected chi connectivity index (χ3v) is 3.43. The summed E-state index contributed by atoms with van der Waals surface area (Å²) in [5.41, 5.74) is 5.60. The summed E-state index contributed by atoms with van der Waals surface area (Å²) in [6, 6.07) is 5.81. The summed E-state index contributed by atoms with van der Waals surface area (Å²) in [7, 11) is 0. The van der Waals surface area contributed by atoms with Gasteiger partial charge in [0.15, 0.2) is 0 Å². The van der Waals surface area contributed by atoms with Crippen LogP contribution in [-0.2, 0) is 0 Å². The predicted molar refractivity (Wildman–Crippen MR) is 78.4 cm³/mol. The average molecular weight is 389 g/mol. The highest BCUT2D eigenvalue weighted by molar-refractivity contribution is 9.10. The van der Waals surface area contributed by atoms with Crippen LogP contribution in [0.4, 0.5) is 15.9 Å². The lowest BCUT2D eigenvalue weighted by atomic mass is 10.2. The van der Waals surface area contributed by atoms with Crippen molar-refractivity contribution in [3.63, 3.8) is 0 Å². The maximum atomic E-state index is 13.2. The summed E-state index contributed by atoms with van der Waals surface area (Å²) >= 11 is 6.37. The Bertz CT molecular complexity index is 632. The summed E-state index contributed by atoms with van der Waals surface area (Å²) in [6.07, 6.45) is 1.56. The van der Waals surface area contributed by atoms with Gasteiger partial charge in [0.05, 0.1) is 11.3 Å². The number of benzene rings is 1. The molecule has 0 saturated heterocycles. The van der Waals surface area contributed by atoms with Crippen LogP contribution >= 0.6 is 31.9 Å². The Balaban J connectivity index is 2.25. The highest BCUT2D eigenvalue weighted by Crippen LogP contribution is 2.23. The van der Waals surface area contributed by atoms with Gasteiger partial charge in [-0.05, 0) is 56.1 Å². The van der Waals surface area contributed by atoms with Crippen LogP contribution in [0.15, 0.2) is 39.4 Å². The number of pyridine rings is 1. The molecule has 0 bridgehead atoms. The molecule has 0 unspecified atom stereocenters. The third-order valence-electron chi connectivity index (χ3n) is 2.30. The van der Waals surface area contributed by atoms with Crippen LogP contribution in [-0.4, -0.2) is 10.9 Å². The Morgan fingerprint density at radius 3 is 2.68 bits per heavy atom. The quantitative estimate of drug-likeness (QED) is 0.772. The second-order valence-corrected chi connectivity index (χ2v) is 5.44. The first-order valence-corrected chi connectivity index (χ1v) is 6.73. The Morgan fingerprint density at radius 2 is 2.05 bits per heavy atom. The number of amides is 1. The van der Waals surface area contributed by atoms with E-state index in [2.05, 4.69) is 42.2 Å². The topological polar surface area (TPSA) is 68.0 Å². The van der Waals surface area contributed by atoms with Crippen molar-refractivity contribution in [3.8, 4) is 0 Å². The molecule has 4 nitrogen and oxygen atoms in total. The molecule has 7 heteroatoms. The van der Waals surface area contributed by atoms with Gasteiger partial charge in [0.1, 0.15) is 11.6 Å². The normalized spacial score (nSPS) is 10.3. The van der Waals surface area contributed by atoms with Gasteiger partial charge in [-0.1, -0.05) is 0 Å². The van der Waals surface area contributed by atoms with Crippen molar-refractivity contribution in [2.75, 3.05) is 11.1 Å². The van der Waals surface area contributed by atoms with E-state index in [1.807, 2.05) is 0 Å². The SMILES string of the molecule is Nc1cc(C(=O)Nc2ccc(Br)cn2)c(Br)cc1F. The summed E-state index contributed by atoms with van der Waals surface area (Å²) < 4.78 is 14.3. The zero-order chi connectivity index (χ0) is 14.0. The number of nitrogens with two attached hydrogens (primary N) is 1. The Kier molecular flexibility index (Phi) is 4.16. The second-order valence-electron chi connectivity index (χ2n) is 3.67. The molecule has 0 fully saturated rings. The van der Waals surface area contributed by atoms with Gasteiger partial charge >= 0.3 is 0 Å². The van der Waals surface area contributed by atoms with Gasteiger partial charge in [0, 0.05) is 15.1 Å². The van der Waals surface area contributed by atoms with Crippen molar-refractivity contribution < 1.29 is 9.18 Å². The fourth-order valence-corrected chi connectivity index (χ4v) is 2.10. The fourth-order valence-electron chi connectivity index (χ4n) is 1.37. The molecule has 1 aromatic heterocycles. The molecule has 98 valence electrons. The van der Waals surface area contributed by atoms with Crippen LogP contribution in [0.1, 0.15) is 10.4 Å². The lowest BCUT2D eigenvalue weighted by molar-refractivity contribution is 0.102. The van der Waals surface area contributed by atoms with E-state index >= 15 is 0 Å². The summed E-state index contributed by atoms with van der Waals surface area (Å²) in [6.45, 7) is 0. The van der Waals surface area contributed by atoms with Gasteiger partial charge in [-0.15, -0.1) is 0 Å². The number of hydrogen-bond acceptors (Lipinski definition) is 3. The molecule has 0 radical (unpaired) electrons. The molecule has 0 atom stereocenters. The van der Waals surface area contributed by atoms with E-state index in [-0.39, 0.29) is 11.3 Å². The van der Waals surface area contributed by atoms with Crippen molar-refractivity contribution in [3.05, 3.63) is 50.8 Å². The Labute approximate surface area is 125 Å². The predicted octanol–water partition coefficient (Wildman–Crippen LogP) is 3.58. The van der Waals surface area contributed by atoms with Gasteiger partial charge in [0.2, 0.25) is 0 Å². The van der Waals surface area contributed by atoms with Gasteiger partial charge in [-0.3, -0.25) is 4.79 Å². The number of halogens is 3. The van der Waals surface area contributed by atoms with Crippen LogP contribution in [0.2, 0.25) is 0 Å². The largest absolute Gasteiger partial charge is 0.396 e. The number of aromatic nitrogens is 1. The molecule has 0 aliphatic heterocycles. The second kappa shape index (κ2) is 5.66. The first kappa shape index (κ1) is 14.0. The average Bonchev–Trinajstić information content (AvgIpc) is 2.36. The van der Waals surface area contributed by atoms with E-state index in [0.717, 1.165) is 10.5 Å². The van der Waals surface area contributed by atoms with Crippen LogP contribution in [0, 0.1) is 5.82 Å². The monoisotopic (exact) mass is 387 g/mol. The maximum Gasteiger partial charge on any atom is 0.258 e. The molecule has 0 saturated carbocycles. The first-order valence-electron chi connectivity index (χ1n) is 5.15. The Hall–Kier alpha value is -1.47. The smallest absolute Gasteiger partial charge is 0.258 e. The molecule has 1 aromatic carbocycles. The number of carbonyl (C=O) groups is 1. The molecule has 19 heavy (non-hydrogen) atoms. The highest BCUT2D eigenvalue weighted by atomic mass is 79.9. The van der Waals surface area contributed by atoms with Crippen LogP contribution < -0.4 is 11.1 Å². The third kappa shape index (κ3) is 3.30. The minimum absolute atomic E-state index is 0.0860. The number of nitrogens with one attached hydrogen (secondary N) is 1. The lowest BCUT2D eigenvalue weighted by Crippen LogP contribution is -2.14. The van der Waals surface area contributed by atoms with E-state index in [1.54, 1.807) is 18.3 Å². The van der Waals surface area contributed by atoms with E-state index in [4.69, 9.17) is 5.73 Å². The standard InChI is InChI=1S/C12H8Br2FN3O/c13-6-1-2-11(17-5-6)18-12(19)7-3-10(16)9(15)4-8(7)14/h1-5H,16H2,(H,17,18,19). The Morgan fingerprint density at radius 1 is 1.32 bits per heavy atom. The number of nitrogen functional groups attached to an aromatic ring is 1. The molecule has 0 spiro atoms. The molecular weight excluding hydrogens is 381 g/mol. The van der Waals surface area contributed by atoms with Crippen LogP contribution in [0.5, 0.6) is 0 Å². The molecule has 2 rings (SSSR count).